The van der Waals surface area contributed by atoms with E-state index in [0.717, 1.165) is 31.0 Å². The Morgan fingerprint density at radius 2 is 2.20 bits per heavy atom. The first-order valence-electron chi connectivity index (χ1n) is 8.30. The number of rotatable bonds is 5. The summed E-state index contributed by atoms with van der Waals surface area (Å²) in [5.41, 5.74) is 1.15. The minimum Gasteiger partial charge on any atom is -0.474 e. The number of fused-ring (bicyclic) bond motifs is 1. The van der Waals surface area contributed by atoms with Crippen molar-refractivity contribution in [3.8, 4) is 5.88 Å². The second-order valence-electron chi connectivity index (χ2n) is 6.07. The highest BCUT2D eigenvalue weighted by Gasteiger charge is 2.26. The molecule has 0 amide bonds. The van der Waals surface area contributed by atoms with Gasteiger partial charge in [-0.25, -0.2) is 9.37 Å². The van der Waals surface area contributed by atoms with Gasteiger partial charge in [0.05, 0.1) is 18.5 Å². The van der Waals surface area contributed by atoms with E-state index in [1.165, 1.54) is 12.3 Å². The molecule has 3 aromatic heterocycles. The molecule has 0 aromatic carbocycles. The first kappa shape index (κ1) is 15.8. The van der Waals surface area contributed by atoms with Crippen LogP contribution in [0.2, 0.25) is 0 Å². The first-order valence-corrected chi connectivity index (χ1v) is 8.30. The van der Waals surface area contributed by atoms with Crippen molar-refractivity contribution in [3.63, 3.8) is 0 Å². The summed E-state index contributed by atoms with van der Waals surface area (Å²) in [6.45, 7) is 2.56. The van der Waals surface area contributed by atoms with Crippen molar-refractivity contribution < 1.29 is 13.5 Å². The lowest BCUT2D eigenvalue weighted by atomic mass is 10.2. The fourth-order valence-electron chi connectivity index (χ4n) is 3.12. The van der Waals surface area contributed by atoms with E-state index in [2.05, 4.69) is 15.0 Å². The van der Waals surface area contributed by atoms with Gasteiger partial charge in [-0.05, 0) is 36.8 Å². The topological polar surface area (TPSA) is 56.3 Å². The van der Waals surface area contributed by atoms with Gasteiger partial charge in [0.25, 0.3) is 0 Å². The van der Waals surface area contributed by atoms with Crippen molar-refractivity contribution in [1.82, 2.24) is 19.7 Å². The standard InChI is InChI=1S/C18H19FN4O2/c19-17-4-1-7-20-18(17)25-13-15-6-9-23-14(5-8-21-23)11-22(15)12-16-3-2-10-24-16/h1-5,7-8,10,15H,6,9,11-13H2/t15-/m1/s1. The molecular weight excluding hydrogens is 323 g/mol. The fraction of sp³-hybridized carbons (Fsp3) is 0.333. The van der Waals surface area contributed by atoms with Gasteiger partial charge in [-0.1, -0.05) is 0 Å². The molecule has 0 radical (unpaired) electrons. The maximum atomic E-state index is 13.8. The second kappa shape index (κ2) is 7.06. The number of aryl methyl sites for hydroxylation is 1. The van der Waals surface area contributed by atoms with Crippen LogP contribution in [0.5, 0.6) is 5.88 Å². The molecule has 1 atom stereocenters. The van der Waals surface area contributed by atoms with Crippen LogP contribution in [0.4, 0.5) is 4.39 Å². The van der Waals surface area contributed by atoms with Crippen molar-refractivity contribution in [2.75, 3.05) is 6.61 Å². The summed E-state index contributed by atoms with van der Waals surface area (Å²) in [4.78, 5) is 6.24. The van der Waals surface area contributed by atoms with Crippen LogP contribution < -0.4 is 4.74 Å². The zero-order chi connectivity index (χ0) is 17.1. The van der Waals surface area contributed by atoms with Crippen molar-refractivity contribution in [3.05, 3.63) is 66.3 Å². The van der Waals surface area contributed by atoms with Gasteiger partial charge in [-0.3, -0.25) is 9.58 Å². The number of hydrogen-bond acceptors (Lipinski definition) is 5. The van der Waals surface area contributed by atoms with Gasteiger partial charge in [-0.15, -0.1) is 0 Å². The molecule has 0 saturated carbocycles. The molecule has 1 aliphatic heterocycles. The first-order chi connectivity index (χ1) is 12.3. The second-order valence-corrected chi connectivity index (χ2v) is 6.07. The lowest BCUT2D eigenvalue weighted by molar-refractivity contribution is 0.107. The zero-order valence-corrected chi connectivity index (χ0v) is 13.7. The molecule has 4 rings (SSSR count). The Bertz CT molecular complexity index is 818. The minimum atomic E-state index is -0.443. The molecule has 0 bridgehead atoms. The van der Waals surface area contributed by atoms with Gasteiger partial charge >= 0.3 is 0 Å². The minimum absolute atomic E-state index is 0.0439. The van der Waals surface area contributed by atoms with Gasteiger partial charge in [0, 0.05) is 31.5 Å². The Balaban J connectivity index is 1.51. The number of halogens is 1. The highest BCUT2D eigenvalue weighted by Crippen LogP contribution is 2.21. The normalized spacial score (nSPS) is 17.9. The van der Waals surface area contributed by atoms with Gasteiger partial charge < -0.3 is 9.15 Å². The van der Waals surface area contributed by atoms with E-state index in [-0.39, 0.29) is 11.9 Å². The van der Waals surface area contributed by atoms with Crippen LogP contribution in [-0.4, -0.2) is 32.3 Å². The summed E-state index contributed by atoms with van der Waals surface area (Å²) in [6, 6.07) is 8.87. The average molecular weight is 342 g/mol. The Labute approximate surface area is 144 Å². The summed E-state index contributed by atoms with van der Waals surface area (Å²) < 4.78 is 26.9. The van der Waals surface area contributed by atoms with Crippen molar-refractivity contribution in [2.24, 2.45) is 0 Å². The Kier molecular flexibility index (Phi) is 4.47. The summed E-state index contributed by atoms with van der Waals surface area (Å²) in [6.07, 6.45) is 5.87. The lowest BCUT2D eigenvalue weighted by Crippen LogP contribution is -2.38. The van der Waals surface area contributed by atoms with E-state index in [1.54, 1.807) is 12.3 Å². The Hall–Kier alpha value is -2.67. The molecule has 0 aliphatic carbocycles. The maximum Gasteiger partial charge on any atom is 0.250 e. The van der Waals surface area contributed by atoms with Crippen LogP contribution >= 0.6 is 0 Å². The van der Waals surface area contributed by atoms with Crippen LogP contribution in [0.25, 0.3) is 0 Å². The number of furan rings is 1. The van der Waals surface area contributed by atoms with Crippen molar-refractivity contribution >= 4 is 0 Å². The smallest absolute Gasteiger partial charge is 0.250 e. The largest absolute Gasteiger partial charge is 0.474 e. The molecule has 7 heteroatoms. The SMILES string of the molecule is Fc1cccnc1OC[C@H]1CCn2nccc2CN1Cc1ccco1. The molecular formula is C18H19FN4O2. The predicted octanol–water partition coefficient (Wildman–Crippen LogP) is 2.86. The third-order valence-corrected chi connectivity index (χ3v) is 4.44. The molecule has 0 saturated heterocycles. The molecule has 6 nitrogen and oxygen atoms in total. The molecule has 4 heterocycles. The maximum absolute atomic E-state index is 13.8. The highest BCUT2D eigenvalue weighted by molar-refractivity contribution is 5.13. The molecule has 130 valence electrons. The third-order valence-electron chi connectivity index (χ3n) is 4.44. The molecule has 3 aromatic rings. The van der Waals surface area contributed by atoms with E-state index in [1.807, 2.05) is 29.1 Å². The van der Waals surface area contributed by atoms with E-state index >= 15 is 0 Å². The third kappa shape index (κ3) is 3.56. The van der Waals surface area contributed by atoms with Gasteiger partial charge in [0.2, 0.25) is 5.88 Å². The predicted molar refractivity (Wildman–Crippen MR) is 88.3 cm³/mol. The van der Waals surface area contributed by atoms with Gasteiger partial charge in [0.1, 0.15) is 12.4 Å². The quantitative estimate of drug-likeness (QED) is 0.714. The van der Waals surface area contributed by atoms with Crippen molar-refractivity contribution in [1.29, 1.82) is 0 Å². The highest BCUT2D eigenvalue weighted by atomic mass is 19.1. The number of aromatic nitrogens is 3. The van der Waals surface area contributed by atoms with Crippen LogP contribution in [0, 0.1) is 5.82 Å². The molecule has 0 spiro atoms. The average Bonchev–Trinajstić information content (AvgIpc) is 3.25. The van der Waals surface area contributed by atoms with Crippen LogP contribution in [0.15, 0.2) is 53.4 Å². The monoisotopic (exact) mass is 342 g/mol. The molecule has 25 heavy (non-hydrogen) atoms. The summed E-state index contributed by atoms with van der Waals surface area (Å²) in [7, 11) is 0. The number of ether oxygens (including phenoxy) is 1. The molecule has 0 N–H and O–H groups in total. The number of pyridine rings is 1. The Morgan fingerprint density at radius 1 is 1.24 bits per heavy atom. The number of nitrogens with zero attached hydrogens (tertiary/aromatic N) is 4. The van der Waals surface area contributed by atoms with Gasteiger partial charge in [-0.2, -0.15) is 5.10 Å². The fourth-order valence-corrected chi connectivity index (χ4v) is 3.12. The van der Waals surface area contributed by atoms with Gasteiger partial charge in [0.15, 0.2) is 5.82 Å². The molecule has 0 unspecified atom stereocenters. The van der Waals surface area contributed by atoms with E-state index in [0.29, 0.717) is 13.2 Å². The van der Waals surface area contributed by atoms with Crippen LogP contribution in [0.1, 0.15) is 17.9 Å². The van der Waals surface area contributed by atoms with Crippen LogP contribution in [-0.2, 0) is 19.6 Å². The lowest BCUT2D eigenvalue weighted by Gasteiger charge is -2.28. The number of hydrogen-bond donors (Lipinski definition) is 0. The van der Waals surface area contributed by atoms with E-state index < -0.39 is 5.82 Å². The van der Waals surface area contributed by atoms with E-state index in [9.17, 15) is 4.39 Å². The summed E-state index contributed by atoms with van der Waals surface area (Å²) in [5.74, 6) is 0.492. The zero-order valence-electron chi connectivity index (χ0n) is 13.7. The Morgan fingerprint density at radius 3 is 3.04 bits per heavy atom. The van der Waals surface area contributed by atoms with Crippen molar-refractivity contribution in [2.45, 2.75) is 32.1 Å². The summed E-state index contributed by atoms with van der Waals surface area (Å²) >= 11 is 0. The molecule has 1 aliphatic rings. The summed E-state index contributed by atoms with van der Waals surface area (Å²) in [5, 5.41) is 4.37. The van der Waals surface area contributed by atoms with E-state index in [4.69, 9.17) is 9.15 Å². The molecule has 0 fully saturated rings. The van der Waals surface area contributed by atoms with Crippen LogP contribution in [0.3, 0.4) is 0 Å².